The Kier molecular flexibility index (Phi) is 8.62. The fourth-order valence-corrected chi connectivity index (χ4v) is 2.13. The maximum atomic E-state index is 11.6. The zero-order valence-electron chi connectivity index (χ0n) is 11.4. The summed E-state index contributed by atoms with van der Waals surface area (Å²) in [6.07, 6.45) is -8.28. The van der Waals surface area contributed by atoms with Gasteiger partial charge in [0.15, 0.2) is 22.4 Å². The van der Waals surface area contributed by atoms with Crippen LogP contribution in [0.15, 0.2) is 0 Å². The number of amides is 1. The SMILES string of the molecule is CC(NC(=O)[C@H](O)[C@@H](O)[C@H](O)[C@H](O)CO)C(C(=O)O)S(=O)O. The number of nitrogens with one attached hydrogen (secondary N) is 1. The van der Waals surface area contributed by atoms with E-state index in [4.69, 9.17) is 19.9 Å². The molecule has 0 radical (unpaired) electrons. The summed E-state index contributed by atoms with van der Waals surface area (Å²) in [6, 6.07) is -1.38. The monoisotopic (exact) mass is 345 g/mol. The van der Waals surface area contributed by atoms with Crippen LogP contribution in [-0.4, -0.2) is 93.6 Å². The Morgan fingerprint density at radius 1 is 1.14 bits per heavy atom. The van der Waals surface area contributed by atoms with E-state index in [2.05, 4.69) is 0 Å². The molecule has 0 aliphatic rings. The number of carbonyl (C=O) groups excluding carboxylic acids is 1. The predicted octanol–water partition coefficient (Wildman–Crippen LogP) is -4.40. The Hall–Kier alpha value is -1.15. The van der Waals surface area contributed by atoms with Gasteiger partial charge in [0.05, 0.1) is 12.6 Å². The van der Waals surface area contributed by atoms with Gasteiger partial charge in [-0.25, -0.2) is 4.21 Å². The van der Waals surface area contributed by atoms with Crippen LogP contribution in [0.1, 0.15) is 6.92 Å². The van der Waals surface area contributed by atoms with Gasteiger partial charge in [-0.15, -0.1) is 0 Å². The molecular formula is C10H19NO10S. The van der Waals surface area contributed by atoms with Crippen molar-refractivity contribution in [2.75, 3.05) is 6.61 Å². The van der Waals surface area contributed by atoms with Crippen LogP contribution >= 0.6 is 0 Å². The van der Waals surface area contributed by atoms with Gasteiger partial charge in [-0.3, -0.25) is 9.59 Å². The first-order valence-corrected chi connectivity index (χ1v) is 7.17. The number of aliphatic carboxylic acids is 1. The van der Waals surface area contributed by atoms with E-state index in [-0.39, 0.29) is 0 Å². The normalized spacial score (nSPS) is 21.0. The lowest BCUT2D eigenvalue weighted by Gasteiger charge is -2.26. The molecule has 0 bridgehead atoms. The van der Waals surface area contributed by atoms with Crippen LogP contribution in [0.4, 0.5) is 0 Å². The Labute approximate surface area is 127 Å². The third-order valence-corrected chi connectivity index (χ3v) is 3.85. The highest BCUT2D eigenvalue weighted by atomic mass is 32.2. The molecule has 3 unspecified atom stereocenters. The maximum absolute atomic E-state index is 11.6. The number of hydrogen-bond acceptors (Lipinski definition) is 8. The highest BCUT2D eigenvalue weighted by Gasteiger charge is 2.37. The van der Waals surface area contributed by atoms with Crippen LogP contribution in [0.2, 0.25) is 0 Å². The maximum Gasteiger partial charge on any atom is 0.323 e. The lowest BCUT2D eigenvalue weighted by atomic mass is 10.0. The third-order valence-electron chi connectivity index (χ3n) is 2.81. The molecule has 12 heteroatoms. The summed E-state index contributed by atoms with van der Waals surface area (Å²) in [4.78, 5) is 22.4. The van der Waals surface area contributed by atoms with Gasteiger partial charge in [-0.2, -0.15) is 0 Å². The second kappa shape index (κ2) is 9.09. The molecule has 0 aromatic heterocycles. The first kappa shape index (κ1) is 20.9. The summed E-state index contributed by atoms with van der Waals surface area (Å²) < 4.78 is 19.7. The summed E-state index contributed by atoms with van der Waals surface area (Å²) in [7, 11) is 0. The highest BCUT2D eigenvalue weighted by molar-refractivity contribution is 7.80. The summed E-state index contributed by atoms with van der Waals surface area (Å²) in [5, 5.41) is 54.8. The molecule has 0 heterocycles. The van der Waals surface area contributed by atoms with E-state index < -0.39 is 65.3 Å². The van der Waals surface area contributed by atoms with Crippen LogP contribution in [0, 0.1) is 0 Å². The Morgan fingerprint density at radius 2 is 1.64 bits per heavy atom. The number of aliphatic hydroxyl groups is 5. The van der Waals surface area contributed by atoms with Crippen LogP contribution in [0.5, 0.6) is 0 Å². The fraction of sp³-hybridized carbons (Fsp3) is 0.800. The Morgan fingerprint density at radius 3 is 2.00 bits per heavy atom. The number of hydrogen-bond donors (Lipinski definition) is 8. The van der Waals surface area contributed by atoms with E-state index >= 15 is 0 Å². The number of carbonyl (C=O) groups is 2. The van der Waals surface area contributed by atoms with Crippen molar-refractivity contribution in [3.63, 3.8) is 0 Å². The number of carboxylic acids is 1. The van der Waals surface area contributed by atoms with Gasteiger partial charge in [0.1, 0.15) is 18.3 Å². The summed E-state index contributed by atoms with van der Waals surface area (Å²) in [5.74, 6) is -3.00. The van der Waals surface area contributed by atoms with E-state index in [9.17, 15) is 29.1 Å². The Bertz CT molecular complexity index is 405. The van der Waals surface area contributed by atoms with Crippen molar-refractivity contribution in [1.29, 1.82) is 0 Å². The molecule has 11 nitrogen and oxygen atoms in total. The first-order chi connectivity index (χ1) is 10.0. The van der Waals surface area contributed by atoms with Crippen LogP contribution < -0.4 is 5.32 Å². The van der Waals surface area contributed by atoms with E-state index in [1.54, 1.807) is 0 Å². The van der Waals surface area contributed by atoms with Gasteiger partial charge in [0.25, 0.3) is 5.91 Å². The average Bonchev–Trinajstić information content (AvgIpc) is 2.42. The van der Waals surface area contributed by atoms with Crippen molar-refractivity contribution >= 4 is 23.0 Å². The molecule has 0 aliphatic heterocycles. The molecule has 0 saturated heterocycles. The number of aliphatic hydroxyl groups excluding tert-OH is 5. The van der Waals surface area contributed by atoms with E-state index in [1.165, 1.54) is 0 Å². The molecule has 130 valence electrons. The van der Waals surface area contributed by atoms with E-state index in [1.807, 2.05) is 5.32 Å². The molecule has 22 heavy (non-hydrogen) atoms. The zero-order chi connectivity index (χ0) is 17.6. The van der Waals surface area contributed by atoms with Crippen LogP contribution in [-0.2, 0) is 20.7 Å². The number of rotatable bonds is 9. The largest absolute Gasteiger partial charge is 0.480 e. The topological polar surface area (TPSA) is 205 Å². The van der Waals surface area contributed by atoms with Gasteiger partial charge in [-0.05, 0) is 6.92 Å². The van der Waals surface area contributed by atoms with Gasteiger partial charge < -0.3 is 40.5 Å². The van der Waals surface area contributed by atoms with Crippen molar-refractivity contribution in [1.82, 2.24) is 5.32 Å². The van der Waals surface area contributed by atoms with Gasteiger partial charge in [0, 0.05) is 0 Å². The minimum atomic E-state index is -2.80. The minimum absolute atomic E-state index is 0.937. The van der Waals surface area contributed by atoms with Crippen molar-refractivity contribution in [3.05, 3.63) is 0 Å². The minimum Gasteiger partial charge on any atom is -0.480 e. The molecule has 0 aromatic carbocycles. The standard InChI is InChI=1S/C10H19NO10S/c1-3(8(10(18)19)22(20)21)11-9(17)7(16)6(15)5(14)4(13)2-12/h3-8,12-16H,2H2,1H3,(H,11,17)(H,18,19)(H,20,21)/t3?,4-,5-,6+,7-,8?/m1/s1. The van der Waals surface area contributed by atoms with Crippen molar-refractivity contribution in [2.24, 2.45) is 0 Å². The molecule has 0 rings (SSSR count). The first-order valence-electron chi connectivity index (χ1n) is 6.00. The van der Waals surface area contributed by atoms with E-state index in [0.29, 0.717) is 0 Å². The van der Waals surface area contributed by atoms with Gasteiger partial charge in [-0.1, -0.05) is 0 Å². The smallest absolute Gasteiger partial charge is 0.323 e. The molecule has 8 N–H and O–H groups in total. The van der Waals surface area contributed by atoms with Crippen LogP contribution in [0.25, 0.3) is 0 Å². The van der Waals surface area contributed by atoms with Gasteiger partial charge in [0.2, 0.25) is 0 Å². The average molecular weight is 345 g/mol. The predicted molar refractivity (Wildman–Crippen MR) is 70.9 cm³/mol. The van der Waals surface area contributed by atoms with Crippen molar-refractivity contribution in [3.8, 4) is 0 Å². The highest BCUT2D eigenvalue weighted by Crippen LogP contribution is 2.07. The second-order valence-corrected chi connectivity index (χ2v) is 5.57. The molecule has 7 atom stereocenters. The Balaban J connectivity index is 4.83. The molecule has 0 spiro atoms. The third kappa shape index (κ3) is 5.57. The molecular weight excluding hydrogens is 326 g/mol. The fourth-order valence-electron chi connectivity index (χ4n) is 1.54. The molecule has 1 amide bonds. The van der Waals surface area contributed by atoms with E-state index in [0.717, 1.165) is 6.92 Å². The zero-order valence-corrected chi connectivity index (χ0v) is 12.3. The summed E-state index contributed by atoms with van der Waals surface area (Å²) in [5.41, 5.74) is 0. The number of carboxylic acid groups (broad SMARTS) is 1. The molecule has 0 aliphatic carbocycles. The quantitative estimate of drug-likeness (QED) is 0.188. The second-order valence-electron chi connectivity index (χ2n) is 4.51. The van der Waals surface area contributed by atoms with Gasteiger partial charge >= 0.3 is 5.97 Å². The molecule has 0 fully saturated rings. The summed E-state index contributed by atoms with van der Waals surface area (Å²) in [6.45, 7) is 0.149. The van der Waals surface area contributed by atoms with Crippen molar-refractivity contribution < 1.29 is 49.0 Å². The van der Waals surface area contributed by atoms with Crippen molar-refractivity contribution in [2.45, 2.75) is 42.6 Å². The summed E-state index contributed by atoms with van der Waals surface area (Å²) >= 11 is -2.80. The van der Waals surface area contributed by atoms with Crippen LogP contribution in [0.3, 0.4) is 0 Å². The lowest BCUT2D eigenvalue weighted by molar-refractivity contribution is -0.149. The lowest BCUT2D eigenvalue weighted by Crippen LogP contribution is -2.55. The molecule has 0 saturated carbocycles. The molecule has 0 aromatic rings.